The first-order chi connectivity index (χ1) is 13.8. The first-order valence-electron chi connectivity index (χ1n) is 8.95. The summed E-state index contributed by atoms with van der Waals surface area (Å²) < 4.78 is 8.12. The molecule has 9 nitrogen and oxygen atoms in total. The number of aromatic nitrogens is 3. The maximum atomic E-state index is 12.3. The summed E-state index contributed by atoms with van der Waals surface area (Å²) in [6.07, 6.45) is 1.67. The van der Waals surface area contributed by atoms with Crippen molar-refractivity contribution in [2.75, 3.05) is 6.61 Å². The Labute approximate surface area is 165 Å². The molecule has 29 heavy (non-hydrogen) atoms. The Kier molecular flexibility index (Phi) is 5.58. The van der Waals surface area contributed by atoms with Crippen molar-refractivity contribution in [3.05, 3.63) is 63.8 Å². The van der Waals surface area contributed by atoms with E-state index in [-0.39, 0.29) is 11.1 Å². The van der Waals surface area contributed by atoms with Crippen LogP contribution < -0.4 is 10.9 Å². The van der Waals surface area contributed by atoms with Crippen LogP contribution in [0.25, 0.3) is 11.0 Å². The Morgan fingerprint density at radius 2 is 1.97 bits per heavy atom. The van der Waals surface area contributed by atoms with Crippen molar-refractivity contribution < 1.29 is 19.1 Å². The minimum atomic E-state index is -0.737. The highest BCUT2D eigenvalue weighted by Crippen LogP contribution is 2.14. The molecule has 3 rings (SSSR count). The van der Waals surface area contributed by atoms with Gasteiger partial charge >= 0.3 is 5.97 Å². The van der Waals surface area contributed by atoms with Crippen LogP contribution in [0.2, 0.25) is 0 Å². The van der Waals surface area contributed by atoms with Gasteiger partial charge in [0.05, 0.1) is 16.6 Å². The Bertz CT molecular complexity index is 1180. The fourth-order valence-electron chi connectivity index (χ4n) is 2.95. The van der Waals surface area contributed by atoms with Crippen LogP contribution >= 0.6 is 0 Å². The second-order valence-electron chi connectivity index (χ2n) is 6.41. The number of aryl methyl sites for hydroxylation is 3. The lowest BCUT2D eigenvalue weighted by Crippen LogP contribution is -2.35. The van der Waals surface area contributed by atoms with E-state index in [2.05, 4.69) is 10.3 Å². The molecule has 0 spiro atoms. The predicted octanol–water partition coefficient (Wildman–Crippen LogP) is 1.18. The van der Waals surface area contributed by atoms with Crippen LogP contribution in [-0.4, -0.2) is 38.5 Å². The van der Waals surface area contributed by atoms with Gasteiger partial charge in [0.15, 0.2) is 6.61 Å². The standard InChI is InChI=1S/C20H20N4O5/c1-4-24-15-8-7-13(10-14(15)21-12(2)19(24)27)20(28)29-11-17(25)22-18(26)16-6-5-9-23(16)3/h5-10H,4,11H2,1-3H3,(H,22,25,26). The van der Waals surface area contributed by atoms with E-state index in [0.717, 1.165) is 0 Å². The molecule has 0 bridgehead atoms. The Balaban J connectivity index is 1.69. The lowest BCUT2D eigenvalue weighted by molar-refractivity contribution is -0.123. The molecule has 2 amide bonds. The van der Waals surface area contributed by atoms with E-state index < -0.39 is 24.4 Å². The average Bonchev–Trinajstić information content (AvgIpc) is 3.13. The summed E-state index contributed by atoms with van der Waals surface area (Å²) in [4.78, 5) is 52.5. The molecular formula is C20H20N4O5. The summed E-state index contributed by atoms with van der Waals surface area (Å²) >= 11 is 0. The van der Waals surface area contributed by atoms with Crippen molar-refractivity contribution in [3.63, 3.8) is 0 Å². The molecule has 0 saturated heterocycles. The van der Waals surface area contributed by atoms with Crippen LogP contribution in [0.3, 0.4) is 0 Å². The lowest BCUT2D eigenvalue weighted by Gasteiger charge is -2.10. The van der Waals surface area contributed by atoms with Crippen LogP contribution in [0.4, 0.5) is 0 Å². The fourth-order valence-corrected chi connectivity index (χ4v) is 2.95. The van der Waals surface area contributed by atoms with Crippen molar-refractivity contribution in [3.8, 4) is 0 Å². The minimum Gasteiger partial charge on any atom is -0.452 e. The molecule has 0 saturated carbocycles. The monoisotopic (exact) mass is 396 g/mol. The molecule has 0 aliphatic carbocycles. The lowest BCUT2D eigenvalue weighted by atomic mass is 10.2. The Hall–Kier alpha value is -3.75. The molecule has 0 radical (unpaired) electrons. The summed E-state index contributed by atoms with van der Waals surface area (Å²) in [6.45, 7) is 3.32. The van der Waals surface area contributed by atoms with Gasteiger partial charge in [0.1, 0.15) is 11.4 Å². The van der Waals surface area contributed by atoms with E-state index >= 15 is 0 Å². The van der Waals surface area contributed by atoms with Crippen molar-refractivity contribution in [2.24, 2.45) is 7.05 Å². The molecule has 2 heterocycles. The van der Waals surface area contributed by atoms with Gasteiger partial charge in [-0.15, -0.1) is 0 Å². The van der Waals surface area contributed by atoms with Gasteiger partial charge in [0.25, 0.3) is 17.4 Å². The Morgan fingerprint density at radius 3 is 2.62 bits per heavy atom. The second-order valence-corrected chi connectivity index (χ2v) is 6.41. The molecule has 0 aliphatic rings. The van der Waals surface area contributed by atoms with E-state index in [1.165, 1.54) is 12.1 Å². The van der Waals surface area contributed by atoms with Gasteiger partial charge < -0.3 is 13.9 Å². The maximum Gasteiger partial charge on any atom is 0.338 e. The van der Waals surface area contributed by atoms with E-state index in [0.29, 0.717) is 29.0 Å². The van der Waals surface area contributed by atoms with E-state index in [9.17, 15) is 19.2 Å². The van der Waals surface area contributed by atoms with Gasteiger partial charge in [-0.3, -0.25) is 19.7 Å². The summed E-state index contributed by atoms with van der Waals surface area (Å²) in [6, 6.07) is 7.85. The molecule has 2 aromatic heterocycles. The Morgan fingerprint density at radius 1 is 1.21 bits per heavy atom. The zero-order valence-corrected chi connectivity index (χ0v) is 16.3. The largest absolute Gasteiger partial charge is 0.452 e. The summed E-state index contributed by atoms with van der Waals surface area (Å²) in [5, 5.41) is 2.16. The highest BCUT2D eigenvalue weighted by atomic mass is 16.5. The highest BCUT2D eigenvalue weighted by molar-refractivity contribution is 6.04. The average molecular weight is 396 g/mol. The van der Waals surface area contributed by atoms with Crippen molar-refractivity contribution >= 4 is 28.8 Å². The van der Waals surface area contributed by atoms with Gasteiger partial charge in [-0.25, -0.2) is 9.78 Å². The molecule has 9 heteroatoms. The third-order valence-corrected chi connectivity index (χ3v) is 4.42. The number of carbonyl (C=O) groups is 3. The number of carbonyl (C=O) groups excluding carboxylic acids is 3. The third-order valence-electron chi connectivity index (χ3n) is 4.42. The number of imide groups is 1. The maximum absolute atomic E-state index is 12.3. The minimum absolute atomic E-state index is 0.185. The van der Waals surface area contributed by atoms with Crippen LogP contribution in [0.1, 0.15) is 33.5 Å². The number of ether oxygens (including phenoxy) is 1. The first-order valence-corrected chi connectivity index (χ1v) is 8.95. The molecule has 0 fully saturated rings. The molecule has 3 aromatic rings. The normalized spacial score (nSPS) is 10.7. The quantitative estimate of drug-likeness (QED) is 0.648. The van der Waals surface area contributed by atoms with Gasteiger partial charge in [-0.05, 0) is 44.2 Å². The molecule has 150 valence electrons. The number of hydrogen-bond acceptors (Lipinski definition) is 6. The molecule has 0 aliphatic heterocycles. The number of rotatable bonds is 5. The summed E-state index contributed by atoms with van der Waals surface area (Å²) in [7, 11) is 1.67. The number of amides is 2. The molecule has 0 unspecified atom stereocenters. The third kappa shape index (κ3) is 4.08. The second kappa shape index (κ2) is 8.09. The van der Waals surface area contributed by atoms with Crippen LogP contribution in [0.15, 0.2) is 41.3 Å². The number of nitrogens with zero attached hydrogens (tertiary/aromatic N) is 3. The van der Waals surface area contributed by atoms with Crippen molar-refractivity contribution in [1.82, 2.24) is 19.4 Å². The predicted molar refractivity (Wildman–Crippen MR) is 105 cm³/mol. The van der Waals surface area contributed by atoms with Crippen LogP contribution in [0, 0.1) is 6.92 Å². The molecular weight excluding hydrogens is 376 g/mol. The molecule has 1 N–H and O–H groups in total. The fraction of sp³-hybridized carbons (Fsp3) is 0.250. The van der Waals surface area contributed by atoms with Crippen LogP contribution in [0.5, 0.6) is 0 Å². The van der Waals surface area contributed by atoms with Gasteiger partial charge in [0, 0.05) is 19.8 Å². The first kappa shape index (κ1) is 20.0. The molecule has 1 aromatic carbocycles. The SMILES string of the molecule is CCn1c(=O)c(C)nc2cc(C(=O)OCC(=O)NC(=O)c3cccn3C)ccc21. The number of hydrogen-bond donors (Lipinski definition) is 1. The summed E-state index contributed by atoms with van der Waals surface area (Å²) in [5.74, 6) is -2.05. The topological polar surface area (TPSA) is 112 Å². The van der Waals surface area contributed by atoms with Crippen molar-refractivity contribution in [2.45, 2.75) is 20.4 Å². The number of benzene rings is 1. The highest BCUT2D eigenvalue weighted by Gasteiger charge is 2.16. The zero-order valence-electron chi connectivity index (χ0n) is 16.3. The van der Waals surface area contributed by atoms with Crippen LogP contribution in [-0.2, 0) is 23.1 Å². The van der Waals surface area contributed by atoms with Crippen molar-refractivity contribution in [1.29, 1.82) is 0 Å². The van der Waals surface area contributed by atoms with E-state index in [4.69, 9.17) is 4.74 Å². The van der Waals surface area contributed by atoms with Gasteiger partial charge in [-0.2, -0.15) is 0 Å². The number of nitrogens with one attached hydrogen (secondary N) is 1. The van der Waals surface area contributed by atoms with E-state index in [1.807, 2.05) is 6.92 Å². The van der Waals surface area contributed by atoms with E-state index in [1.54, 1.807) is 47.5 Å². The number of esters is 1. The van der Waals surface area contributed by atoms with Gasteiger partial charge in [-0.1, -0.05) is 0 Å². The summed E-state index contributed by atoms with van der Waals surface area (Å²) in [5.41, 5.74) is 1.71. The number of fused-ring (bicyclic) bond motifs is 1. The molecule has 0 atom stereocenters. The smallest absolute Gasteiger partial charge is 0.338 e. The van der Waals surface area contributed by atoms with Gasteiger partial charge in [0.2, 0.25) is 0 Å². The zero-order chi connectivity index (χ0) is 21.1.